The third kappa shape index (κ3) is 3.25. The molecule has 0 aromatic carbocycles. The molecule has 0 unspecified atom stereocenters. The van der Waals surface area contributed by atoms with Crippen LogP contribution < -0.4 is 5.32 Å². The fraction of sp³-hybridized carbons (Fsp3) is 0.0714. The quantitative estimate of drug-likeness (QED) is 0.791. The average molecular weight is 349 g/mol. The van der Waals surface area contributed by atoms with Crippen LogP contribution in [0.15, 0.2) is 47.3 Å². The van der Waals surface area contributed by atoms with Crippen LogP contribution in [0.1, 0.15) is 5.69 Å². The van der Waals surface area contributed by atoms with E-state index in [0.29, 0.717) is 17.2 Å². The fourth-order valence-electron chi connectivity index (χ4n) is 1.90. The number of rotatable bonds is 3. The Kier molecular flexibility index (Phi) is 3.66. The number of halogens is 2. The second kappa shape index (κ2) is 5.61. The summed E-state index contributed by atoms with van der Waals surface area (Å²) < 4.78 is 15.5. The van der Waals surface area contributed by atoms with Gasteiger partial charge in [0.1, 0.15) is 17.3 Å². The summed E-state index contributed by atoms with van der Waals surface area (Å²) in [6.45, 7) is 0. The zero-order valence-corrected chi connectivity index (χ0v) is 12.3. The molecule has 0 radical (unpaired) electrons. The van der Waals surface area contributed by atoms with Gasteiger partial charge in [0.05, 0.1) is 12.1 Å². The summed E-state index contributed by atoms with van der Waals surface area (Å²) in [7, 11) is 0. The summed E-state index contributed by atoms with van der Waals surface area (Å²) in [5, 5.41) is 2.68. The molecule has 7 heteroatoms. The van der Waals surface area contributed by atoms with E-state index in [1.165, 1.54) is 12.3 Å². The van der Waals surface area contributed by atoms with Crippen molar-refractivity contribution in [2.75, 3.05) is 5.32 Å². The Balaban J connectivity index is 1.72. The number of carbonyl (C=O) groups excluding carboxylic acids is 1. The zero-order valence-electron chi connectivity index (χ0n) is 10.8. The number of nitrogens with zero attached hydrogens (tertiary/aromatic N) is 3. The summed E-state index contributed by atoms with van der Waals surface area (Å²) >= 11 is 3.27. The van der Waals surface area contributed by atoms with Crippen molar-refractivity contribution >= 4 is 33.3 Å². The first-order chi connectivity index (χ1) is 10.1. The minimum atomic E-state index is -0.352. The Bertz CT molecular complexity index is 800. The van der Waals surface area contributed by atoms with Crippen molar-refractivity contribution in [1.82, 2.24) is 14.4 Å². The molecule has 3 aromatic rings. The Hall–Kier alpha value is -2.28. The van der Waals surface area contributed by atoms with Crippen LogP contribution in [0.2, 0.25) is 0 Å². The van der Waals surface area contributed by atoms with Gasteiger partial charge < -0.3 is 9.72 Å². The molecule has 0 atom stereocenters. The van der Waals surface area contributed by atoms with Crippen LogP contribution in [-0.4, -0.2) is 20.3 Å². The predicted octanol–water partition coefficient (Wildman–Crippen LogP) is 2.81. The van der Waals surface area contributed by atoms with Crippen LogP contribution >= 0.6 is 15.9 Å². The highest BCUT2D eigenvalue weighted by molar-refractivity contribution is 9.10. The topological polar surface area (TPSA) is 59.3 Å². The van der Waals surface area contributed by atoms with E-state index >= 15 is 0 Å². The zero-order chi connectivity index (χ0) is 14.8. The lowest BCUT2D eigenvalue weighted by Gasteiger charge is -2.02. The standard InChI is InChI=1S/C14H10BrFN4O/c15-9-1-3-12(17-6-9)19-14(21)5-11-8-20-7-10(16)2-4-13(20)18-11/h1-4,6-8H,5H2,(H,17,19,21). The summed E-state index contributed by atoms with van der Waals surface area (Å²) in [6.07, 6.45) is 4.65. The van der Waals surface area contributed by atoms with Gasteiger partial charge in [0, 0.05) is 23.1 Å². The lowest BCUT2D eigenvalue weighted by Crippen LogP contribution is -2.15. The second-order valence-electron chi connectivity index (χ2n) is 4.43. The van der Waals surface area contributed by atoms with Crippen LogP contribution in [0.5, 0.6) is 0 Å². The first-order valence-electron chi connectivity index (χ1n) is 6.15. The van der Waals surface area contributed by atoms with Crippen molar-refractivity contribution in [2.45, 2.75) is 6.42 Å². The number of fused-ring (bicyclic) bond motifs is 1. The largest absolute Gasteiger partial charge is 0.310 e. The minimum Gasteiger partial charge on any atom is -0.310 e. The maximum absolute atomic E-state index is 13.1. The predicted molar refractivity (Wildman–Crippen MR) is 79.4 cm³/mol. The van der Waals surface area contributed by atoms with Crippen LogP contribution in [0.25, 0.3) is 5.65 Å². The molecule has 21 heavy (non-hydrogen) atoms. The fourth-order valence-corrected chi connectivity index (χ4v) is 2.14. The number of anilines is 1. The van der Waals surface area contributed by atoms with Gasteiger partial charge in [-0.05, 0) is 40.2 Å². The molecule has 3 heterocycles. The number of hydrogen-bond acceptors (Lipinski definition) is 3. The van der Waals surface area contributed by atoms with Crippen molar-refractivity contribution in [2.24, 2.45) is 0 Å². The molecular weight excluding hydrogens is 339 g/mol. The van der Waals surface area contributed by atoms with Crippen molar-refractivity contribution in [3.05, 3.63) is 58.8 Å². The number of aromatic nitrogens is 3. The third-order valence-electron chi connectivity index (χ3n) is 2.80. The van der Waals surface area contributed by atoms with Gasteiger partial charge in [-0.25, -0.2) is 14.4 Å². The van der Waals surface area contributed by atoms with E-state index in [4.69, 9.17) is 0 Å². The number of amides is 1. The van der Waals surface area contributed by atoms with Gasteiger partial charge >= 0.3 is 0 Å². The molecule has 0 aliphatic heterocycles. The van der Waals surface area contributed by atoms with Crippen LogP contribution in [-0.2, 0) is 11.2 Å². The first-order valence-corrected chi connectivity index (χ1v) is 6.94. The SMILES string of the molecule is O=C(Cc1cn2cc(F)ccc2n1)Nc1ccc(Br)cn1. The van der Waals surface area contributed by atoms with Crippen molar-refractivity contribution in [1.29, 1.82) is 0 Å². The van der Waals surface area contributed by atoms with E-state index in [0.717, 1.165) is 4.47 Å². The van der Waals surface area contributed by atoms with Gasteiger partial charge in [-0.1, -0.05) is 0 Å². The number of carbonyl (C=O) groups is 1. The van der Waals surface area contributed by atoms with Gasteiger partial charge in [0.25, 0.3) is 0 Å². The molecule has 0 saturated carbocycles. The van der Waals surface area contributed by atoms with Crippen molar-refractivity contribution in [3.8, 4) is 0 Å². The summed E-state index contributed by atoms with van der Waals surface area (Å²) in [6, 6.07) is 6.38. The van der Waals surface area contributed by atoms with Crippen molar-refractivity contribution in [3.63, 3.8) is 0 Å². The van der Waals surface area contributed by atoms with E-state index in [2.05, 4.69) is 31.2 Å². The monoisotopic (exact) mass is 348 g/mol. The van der Waals surface area contributed by atoms with E-state index in [9.17, 15) is 9.18 Å². The minimum absolute atomic E-state index is 0.0983. The van der Waals surface area contributed by atoms with E-state index in [1.54, 1.807) is 35.0 Å². The number of nitrogens with one attached hydrogen (secondary N) is 1. The Morgan fingerprint density at radius 1 is 1.29 bits per heavy atom. The molecule has 0 saturated heterocycles. The van der Waals surface area contributed by atoms with Gasteiger partial charge in [0.2, 0.25) is 5.91 Å². The molecule has 3 aromatic heterocycles. The van der Waals surface area contributed by atoms with E-state index in [-0.39, 0.29) is 18.1 Å². The summed E-state index contributed by atoms with van der Waals surface area (Å²) in [4.78, 5) is 20.2. The van der Waals surface area contributed by atoms with E-state index < -0.39 is 0 Å². The normalized spacial score (nSPS) is 10.8. The van der Waals surface area contributed by atoms with Gasteiger partial charge in [0.15, 0.2) is 0 Å². The summed E-state index contributed by atoms with van der Waals surface area (Å²) in [5.74, 6) is -0.110. The lowest BCUT2D eigenvalue weighted by molar-refractivity contribution is -0.115. The molecular formula is C14H10BrFN4O. The Morgan fingerprint density at radius 3 is 2.90 bits per heavy atom. The molecule has 0 aliphatic rings. The van der Waals surface area contributed by atoms with Crippen molar-refractivity contribution < 1.29 is 9.18 Å². The highest BCUT2D eigenvalue weighted by Crippen LogP contribution is 2.11. The highest BCUT2D eigenvalue weighted by Gasteiger charge is 2.09. The van der Waals surface area contributed by atoms with Crippen LogP contribution in [0, 0.1) is 5.82 Å². The molecule has 0 spiro atoms. The molecule has 1 amide bonds. The smallest absolute Gasteiger partial charge is 0.231 e. The molecule has 3 rings (SSSR count). The van der Waals surface area contributed by atoms with Crippen LogP contribution in [0.3, 0.4) is 0 Å². The molecule has 106 valence electrons. The molecule has 0 bridgehead atoms. The van der Waals surface area contributed by atoms with E-state index in [1.807, 2.05) is 0 Å². The third-order valence-corrected chi connectivity index (χ3v) is 3.27. The van der Waals surface area contributed by atoms with Gasteiger partial charge in [-0.3, -0.25) is 4.79 Å². The average Bonchev–Trinajstić information content (AvgIpc) is 2.82. The number of imidazole rings is 1. The molecule has 1 N–H and O–H groups in total. The highest BCUT2D eigenvalue weighted by atomic mass is 79.9. The number of pyridine rings is 2. The Labute approximate surface area is 128 Å². The molecule has 5 nitrogen and oxygen atoms in total. The maximum Gasteiger partial charge on any atom is 0.231 e. The lowest BCUT2D eigenvalue weighted by atomic mass is 10.3. The first kappa shape index (κ1) is 13.7. The van der Waals surface area contributed by atoms with Gasteiger partial charge in [-0.2, -0.15) is 0 Å². The molecule has 0 fully saturated rings. The maximum atomic E-state index is 13.1. The Morgan fingerprint density at radius 2 is 2.14 bits per heavy atom. The van der Waals surface area contributed by atoms with Crippen LogP contribution in [0.4, 0.5) is 10.2 Å². The van der Waals surface area contributed by atoms with Gasteiger partial charge in [-0.15, -0.1) is 0 Å². The summed E-state index contributed by atoms with van der Waals surface area (Å²) in [5.41, 5.74) is 1.16. The molecule has 0 aliphatic carbocycles. The second-order valence-corrected chi connectivity index (χ2v) is 5.35. The number of hydrogen-bond donors (Lipinski definition) is 1.